The van der Waals surface area contributed by atoms with Gasteiger partial charge < -0.3 is 10.2 Å². The minimum Gasteiger partial charge on any atom is -0.375 e. The van der Waals surface area contributed by atoms with Crippen molar-refractivity contribution >= 4 is 55.4 Å². The number of benzene rings is 2. The number of nitrogens with one attached hydrogen (secondary N) is 2. The maximum atomic E-state index is 11.9. The van der Waals surface area contributed by atoms with Crippen molar-refractivity contribution in [1.82, 2.24) is 5.43 Å². The van der Waals surface area contributed by atoms with Crippen LogP contribution in [0.3, 0.4) is 0 Å². The average molecular weight is 482 g/mol. The molecule has 26 heavy (non-hydrogen) atoms. The Morgan fingerprint density at radius 1 is 1.12 bits per heavy atom. The van der Waals surface area contributed by atoms with Gasteiger partial charge in [0.2, 0.25) is 0 Å². The van der Waals surface area contributed by atoms with Crippen molar-refractivity contribution in [3.63, 3.8) is 0 Å². The molecule has 1 amide bonds. The van der Waals surface area contributed by atoms with Gasteiger partial charge in [-0.3, -0.25) is 4.79 Å². The van der Waals surface area contributed by atoms with Crippen molar-refractivity contribution in [3.8, 4) is 0 Å². The van der Waals surface area contributed by atoms with E-state index in [0.717, 1.165) is 33.3 Å². The molecule has 0 aromatic heterocycles. The number of carbonyl (C=O) groups is 1. The molecule has 0 heterocycles. The van der Waals surface area contributed by atoms with Gasteiger partial charge in [0.1, 0.15) is 0 Å². The molecule has 0 fully saturated rings. The van der Waals surface area contributed by atoms with Crippen LogP contribution < -0.4 is 15.6 Å². The Hall–Kier alpha value is -1.86. The van der Waals surface area contributed by atoms with Crippen molar-refractivity contribution in [2.75, 3.05) is 29.9 Å². The van der Waals surface area contributed by atoms with Gasteiger partial charge in [-0.25, -0.2) is 5.43 Å². The van der Waals surface area contributed by atoms with Gasteiger partial charge in [0.15, 0.2) is 0 Å². The number of hydrogen-bond donors (Lipinski definition) is 2. The molecule has 0 saturated heterocycles. The first-order chi connectivity index (χ1) is 12.5. The number of halogens is 2. The molecule has 0 aliphatic carbocycles. The van der Waals surface area contributed by atoms with Crippen LogP contribution in [0.2, 0.25) is 0 Å². The van der Waals surface area contributed by atoms with Crippen molar-refractivity contribution < 1.29 is 4.79 Å². The van der Waals surface area contributed by atoms with Crippen molar-refractivity contribution in [2.45, 2.75) is 13.8 Å². The Balaban J connectivity index is 1.83. The average Bonchev–Trinajstić information content (AvgIpc) is 2.63. The number of hydrazone groups is 1. The Kier molecular flexibility index (Phi) is 8.12. The molecule has 2 rings (SSSR count). The van der Waals surface area contributed by atoms with E-state index in [1.165, 1.54) is 5.69 Å². The van der Waals surface area contributed by atoms with Crippen LogP contribution in [-0.4, -0.2) is 31.8 Å². The van der Waals surface area contributed by atoms with Crippen LogP contribution in [0.15, 0.2) is 56.5 Å². The molecule has 0 spiro atoms. The molecule has 0 atom stereocenters. The fraction of sp³-hybridized carbons (Fsp3) is 0.263. The van der Waals surface area contributed by atoms with Gasteiger partial charge in [-0.05, 0) is 65.7 Å². The summed E-state index contributed by atoms with van der Waals surface area (Å²) in [5.41, 5.74) is 5.49. The SMILES string of the molecule is CCN(CC)c1ccc(/C=N/NC(=O)CNc2ccc(Br)cc2Br)cc1. The van der Waals surface area contributed by atoms with Gasteiger partial charge in [-0.15, -0.1) is 0 Å². The van der Waals surface area contributed by atoms with Crippen molar-refractivity contribution in [2.24, 2.45) is 5.10 Å². The fourth-order valence-electron chi connectivity index (χ4n) is 2.39. The Labute approximate surface area is 171 Å². The lowest BCUT2D eigenvalue weighted by Crippen LogP contribution is -2.26. The van der Waals surface area contributed by atoms with E-state index < -0.39 is 0 Å². The van der Waals surface area contributed by atoms with Crippen LogP contribution in [0.25, 0.3) is 0 Å². The van der Waals surface area contributed by atoms with Gasteiger partial charge >= 0.3 is 0 Å². The number of rotatable bonds is 8. The van der Waals surface area contributed by atoms with E-state index in [2.05, 4.69) is 78.6 Å². The summed E-state index contributed by atoms with van der Waals surface area (Å²) in [5, 5.41) is 7.07. The molecule has 5 nitrogen and oxygen atoms in total. The third-order valence-corrected chi connectivity index (χ3v) is 4.94. The molecule has 2 aromatic carbocycles. The molecule has 2 N–H and O–H groups in total. The summed E-state index contributed by atoms with van der Waals surface area (Å²) in [6.45, 7) is 6.35. The molecule has 7 heteroatoms. The first-order valence-electron chi connectivity index (χ1n) is 8.39. The van der Waals surface area contributed by atoms with E-state index in [-0.39, 0.29) is 12.5 Å². The number of anilines is 2. The zero-order valence-electron chi connectivity index (χ0n) is 14.8. The summed E-state index contributed by atoms with van der Waals surface area (Å²) in [6.07, 6.45) is 1.64. The quantitative estimate of drug-likeness (QED) is 0.427. The minimum absolute atomic E-state index is 0.137. The van der Waals surface area contributed by atoms with Gasteiger partial charge in [-0.2, -0.15) is 5.10 Å². The Bertz CT molecular complexity index is 759. The molecular weight excluding hydrogens is 460 g/mol. The smallest absolute Gasteiger partial charge is 0.259 e. The lowest BCUT2D eigenvalue weighted by Gasteiger charge is -2.20. The minimum atomic E-state index is -0.212. The van der Waals surface area contributed by atoms with Gasteiger partial charge in [0.25, 0.3) is 5.91 Å². The summed E-state index contributed by atoms with van der Waals surface area (Å²) >= 11 is 6.84. The highest BCUT2D eigenvalue weighted by Gasteiger charge is 2.04. The summed E-state index contributed by atoms with van der Waals surface area (Å²) in [7, 11) is 0. The first kappa shape index (κ1) is 20.5. The van der Waals surface area contributed by atoms with Gasteiger partial charge in [-0.1, -0.05) is 28.1 Å². The molecule has 0 bridgehead atoms. The molecule has 2 aromatic rings. The maximum absolute atomic E-state index is 11.9. The molecule has 0 radical (unpaired) electrons. The second-order valence-corrected chi connectivity index (χ2v) is 7.30. The van der Waals surface area contributed by atoms with Gasteiger partial charge in [0.05, 0.1) is 12.8 Å². The van der Waals surface area contributed by atoms with E-state index in [1.807, 2.05) is 30.3 Å². The van der Waals surface area contributed by atoms with Gasteiger partial charge in [0, 0.05) is 33.4 Å². The predicted octanol–water partition coefficient (Wildman–Crippen LogP) is 4.62. The maximum Gasteiger partial charge on any atom is 0.259 e. The largest absolute Gasteiger partial charge is 0.375 e. The molecule has 0 aliphatic heterocycles. The zero-order chi connectivity index (χ0) is 18.9. The number of nitrogens with zero attached hydrogens (tertiary/aromatic N) is 2. The topological polar surface area (TPSA) is 56.7 Å². The summed E-state index contributed by atoms with van der Waals surface area (Å²) in [5.74, 6) is -0.212. The standard InChI is InChI=1S/C19H22Br2N4O/c1-3-25(4-2)16-8-5-14(6-9-16)12-23-24-19(26)13-22-18-10-7-15(20)11-17(18)21/h5-12,22H,3-4,13H2,1-2H3,(H,24,26)/b23-12+. The number of hydrogen-bond acceptors (Lipinski definition) is 4. The highest BCUT2D eigenvalue weighted by atomic mass is 79.9. The third-order valence-electron chi connectivity index (χ3n) is 3.80. The summed E-state index contributed by atoms with van der Waals surface area (Å²) in [6, 6.07) is 13.8. The number of carbonyl (C=O) groups excluding carboxylic acids is 1. The Morgan fingerprint density at radius 3 is 2.42 bits per heavy atom. The molecular formula is C19H22Br2N4O. The van der Waals surface area contributed by atoms with Crippen LogP contribution in [0.1, 0.15) is 19.4 Å². The van der Waals surface area contributed by atoms with Crippen LogP contribution in [0, 0.1) is 0 Å². The molecule has 0 unspecified atom stereocenters. The van der Waals surface area contributed by atoms with Crippen LogP contribution in [0.4, 0.5) is 11.4 Å². The normalized spacial score (nSPS) is 10.8. The van der Waals surface area contributed by atoms with Crippen LogP contribution in [-0.2, 0) is 4.79 Å². The molecule has 138 valence electrons. The monoisotopic (exact) mass is 480 g/mol. The predicted molar refractivity (Wildman–Crippen MR) is 116 cm³/mol. The summed E-state index contributed by atoms with van der Waals surface area (Å²) < 4.78 is 1.85. The second-order valence-electron chi connectivity index (χ2n) is 5.53. The zero-order valence-corrected chi connectivity index (χ0v) is 18.0. The van der Waals surface area contributed by atoms with E-state index in [4.69, 9.17) is 0 Å². The molecule has 0 saturated carbocycles. The highest BCUT2D eigenvalue weighted by molar-refractivity contribution is 9.11. The van der Waals surface area contributed by atoms with E-state index >= 15 is 0 Å². The third kappa shape index (κ3) is 6.14. The molecule has 0 aliphatic rings. The van der Waals surface area contributed by atoms with Crippen LogP contribution >= 0.6 is 31.9 Å². The van der Waals surface area contributed by atoms with E-state index in [1.54, 1.807) is 6.21 Å². The Morgan fingerprint density at radius 2 is 1.81 bits per heavy atom. The number of amides is 1. The first-order valence-corrected chi connectivity index (χ1v) is 9.98. The van der Waals surface area contributed by atoms with E-state index in [9.17, 15) is 4.79 Å². The highest BCUT2D eigenvalue weighted by Crippen LogP contribution is 2.25. The second kappa shape index (κ2) is 10.3. The van der Waals surface area contributed by atoms with E-state index in [0.29, 0.717) is 0 Å². The van der Waals surface area contributed by atoms with Crippen LogP contribution in [0.5, 0.6) is 0 Å². The van der Waals surface area contributed by atoms with Crippen molar-refractivity contribution in [1.29, 1.82) is 0 Å². The van der Waals surface area contributed by atoms with Crippen molar-refractivity contribution in [3.05, 3.63) is 57.0 Å². The summed E-state index contributed by atoms with van der Waals surface area (Å²) in [4.78, 5) is 14.2. The fourth-order valence-corrected chi connectivity index (χ4v) is 3.57. The lowest BCUT2D eigenvalue weighted by molar-refractivity contribution is -0.119. The lowest BCUT2D eigenvalue weighted by atomic mass is 10.2.